The second kappa shape index (κ2) is 5.17. The maximum Gasteiger partial charge on any atom is 0.216 e. The van der Waals surface area contributed by atoms with Crippen molar-refractivity contribution in [3.05, 3.63) is 65.6 Å². The molecule has 2 aromatic carbocycles. The van der Waals surface area contributed by atoms with E-state index in [1.54, 1.807) is 0 Å². The number of nitrogens with zero attached hydrogens (tertiary/aromatic N) is 2. The molecule has 24 heavy (non-hydrogen) atoms. The van der Waals surface area contributed by atoms with Gasteiger partial charge in [-0.05, 0) is 30.7 Å². The normalized spacial score (nSPS) is 11.1. The van der Waals surface area contributed by atoms with E-state index >= 15 is 0 Å². The summed E-state index contributed by atoms with van der Waals surface area (Å²) < 4.78 is 22.4. The zero-order valence-corrected chi connectivity index (χ0v) is 13.3. The SMILES string of the molecule is Cc1ccc2c(oc3c(C#N)ccc(F)c32)c1-c1cccc[n+]1C. The van der Waals surface area contributed by atoms with Gasteiger partial charge in [-0.15, -0.1) is 0 Å². The molecule has 0 amide bonds. The number of hydrogen-bond acceptors (Lipinski definition) is 2. The van der Waals surface area contributed by atoms with Gasteiger partial charge in [-0.1, -0.05) is 12.1 Å². The van der Waals surface area contributed by atoms with Crippen LogP contribution < -0.4 is 4.57 Å². The molecule has 0 fully saturated rings. The van der Waals surface area contributed by atoms with Gasteiger partial charge in [-0.3, -0.25) is 0 Å². The average molecular weight is 317 g/mol. The maximum atomic E-state index is 14.4. The highest BCUT2D eigenvalue weighted by Crippen LogP contribution is 2.38. The van der Waals surface area contributed by atoms with Gasteiger partial charge in [-0.2, -0.15) is 5.26 Å². The van der Waals surface area contributed by atoms with E-state index in [0.29, 0.717) is 27.5 Å². The molecule has 0 aliphatic carbocycles. The van der Waals surface area contributed by atoms with Crippen molar-refractivity contribution < 1.29 is 13.4 Å². The number of halogens is 1. The minimum Gasteiger partial charge on any atom is -0.454 e. The Morgan fingerprint density at radius 2 is 1.92 bits per heavy atom. The van der Waals surface area contributed by atoms with Crippen molar-refractivity contribution in [2.24, 2.45) is 7.05 Å². The van der Waals surface area contributed by atoms with Gasteiger partial charge in [0, 0.05) is 17.5 Å². The second-order valence-electron chi connectivity index (χ2n) is 5.84. The zero-order chi connectivity index (χ0) is 16.8. The van der Waals surface area contributed by atoms with Crippen molar-refractivity contribution >= 4 is 21.9 Å². The van der Waals surface area contributed by atoms with E-state index < -0.39 is 0 Å². The molecule has 2 aromatic heterocycles. The molecule has 0 N–H and O–H groups in total. The van der Waals surface area contributed by atoms with Crippen LogP contribution in [0.1, 0.15) is 11.1 Å². The molecule has 4 rings (SSSR count). The van der Waals surface area contributed by atoms with Gasteiger partial charge in [0.1, 0.15) is 24.5 Å². The quantitative estimate of drug-likeness (QED) is 0.488. The van der Waals surface area contributed by atoms with Crippen LogP contribution in [0.3, 0.4) is 0 Å². The Morgan fingerprint density at radius 3 is 2.67 bits per heavy atom. The summed E-state index contributed by atoms with van der Waals surface area (Å²) in [7, 11) is 1.96. The number of fused-ring (bicyclic) bond motifs is 3. The summed E-state index contributed by atoms with van der Waals surface area (Å²) in [5.41, 5.74) is 4.16. The Morgan fingerprint density at radius 1 is 1.08 bits per heavy atom. The molecule has 0 spiro atoms. The van der Waals surface area contributed by atoms with E-state index in [9.17, 15) is 9.65 Å². The largest absolute Gasteiger partial charge is 0.454 e. The molecule has 0 bridgehead atoms. The molecule has 2 heterocycles. The van der Waals surface area contributed by atoms with Crippen LogP contribution in [-0.2, 0) is 7.05 Å². The molecule has 0 atom stereocenters. The van der Waals surface area contributed by atoms with Crippen molar-refractivity contribution in [1.29, 1.82) is 5.26 Å². The van der Waals surface area contributed by atoms with Gasteiger partial charge in [0.2, 0.25) is 5.69 Å². The molecule has 3 nitrogen and oxygen atoms in total. The van der Waals surface area contributed by atoms with Crippen LogP contribution >= 0.6 is 0 Å². The molecule has 4 heteroatoms. The lowest BCUT2D eigenvalue weighted by molar-refractivity contribution is -0.660. The molecule has 0 unspecified atom stereocenters. The van der Waals surface area contributed by atoms with E-state index in [4.69, 9.17) is 4.42 Å². The number of furan rings is 1. The fourth-order valence-corrected chi connectivity index (χ4v) is 3.19. The summed E-state index contributed by atoms with van der Waals surface area (Å²) in [5.74, 6) is -0.380. The first-order valence-electron chi connectivity index (χ1n) is 7.61. The Bertz CT molecular complexity index is 1150. The lowest BCUT2D eigenvalue weighted by atomic mass is 10.00. The number of nitriles is 1. The molecule has 116 valence electrons. The highest BCUT2D eigenvalue weighted by atomic mass is 19.1. The molecule has 0 aliphatic rings. The minimum absolute atomic E-state index is 0.304. The van der Waals surface area contributed by atoms with E-state index in [-0.39, 0.29) is 5.82 Å². The summed E-state index contributed by atoms with van der Waals surface area (Å²) in [5, 5.41) is 10.3. The van der Waals surface area contributed by atoms with Crippen molar-refractivity contribution in [3.8, 4) is 17.3 Å². The van der Waals surface area contributed by atoms with Gasteiger partial charge < -0.3 is 4.42 Å². The number of benzene rings is 2. The lowest BCUT2D eigenvalue weighted by Crippen LogP contribution is -2.30. The molecule has 0 saturated carbocycles. The number of hydrogen-bond donors (Lipinski definition) is 0. The van der Waals surface area contributed by atoms with E-state index in [0.717, 1.165) is 16.8 Å². The highest BCUT2D eigenvalue weighted by molar-refractivity contribution is 6.11. The van der Waals surface area contributed by atoms with Gasteiger partial charge in [0.15, 0.2) is 11.8 Å². The van der Waals surface area contributed by atoms with Crippen molar-refractivity contribution in [1.82, 2.24) is 0 Å². The molecule has 0 radical (unpaired) electrons. The number of aromatic nitrogens is 1. The van der Waals surface area contributed by atoms with E-state index in [2.05, 4.69) is 6.07 Å². The predicted octanol–water partition coefficient (Wildman–Crippen LogP) is 4.40. The first-order chi connectivity index (χ1) is 11.6. The molecule has 0 aliphatic heterocycles. The number of pyridine rings is 1. The summed E-state index contributed by atoms with van der Waals surface area (Å²) in [4.78, 5) is 0. The standard InChI is InChI=1S/C20H14FN2O/c1-12-6-8-14-18-15(21)9-7-13(11-22)19(18)24-20(14)17(12)16-5-3-4-10-23(16)2/h3-10H,1-2H3/q+1. The average Bonchev–Trinajstić information content (AvgIpc) is 2.96. The molecule has 0 saturated heterocycles. The Hall–Kier alpha value is -3.19. The third kappa shape index (κ3) is 1.92. The van der Waals surface area contributed by atoms with Crippen molar-refractivity contribution in [3.63, 3.8) is 0 Å². The zero-order valence-electron chi connectivity index (χ0n) is 13.3. The summed E-state index contributed by atoms with van der Waals surface area (Å²) >= 11 is 0. The monoisotopic (exact) mass is 317 g/mol. The molecular weight excluding hydrogens is 303 g/mol. The predicted molar refractivity (Wildman–Crippen MR) is 89.7 cm³/mol. The first kappa shape index (κ1) is 14.4. The van der Waals surface area contributed by atoms with E-state index in [1.807, 2.05) is 55.1 Å². The Kier molecular flexibility index (Phi) is 3.10. The Balaban J connectivity index is 2.22. The van der Waals surface area contributed by atoms with Gasteiger partial charge in [-0.25, -0.2) is 8.96 Å². The third-order valence-electron chi connectivity index (χ3n) is 4.38. The summed E-state index contributed by atoms with van der Waals surface area (Å²) in [6.45, 7) is 2.00. The van der Waals surface area contributed by atoms with Crippen LogP contribution in [0.4, 0.5) is 4.39 Å². The van der Waals surface area contributed by atoms with E-state index in [1.165, 1.54) is 12.1 Å². The maximum absolute atomic E-state index is 14.4. The third-order valence-corrected chi connectivity index (χ3v) is 4.38. The molecular formula is C20H14FN2O+. The van der Waals surface area contributed by atoms with Crippen LogP contribution in [-0.4, -0.2) is 0 Å². The lowest BCUT2D eigenvalue weighted by Gasteiger charge is -2.05. The number of rotatable bonds is 1. The van der Waals surface area contributed by atoms with Crippen LogP contribution in [0.2, 0.25) is 0 Å². The first-order valence-corrected chi connectivity index (χ1v) is 7.61. The Labute approximate surface area is 138 Å². The summed E-state index contributed by atoms with van der Waals surface area (Å²) in [6.07, 6.45) is 1.96. The topological polar surface area (TPSA) is 40.8 Å². The smallest absolute Gasteiger partial charge is 0.216 e. The number of aryl methyl sites for hydroxylation is 2. The van der Waals surface area contributed by atoms with Crippen LogP contribution in [0.15, 0.2) is 53.1 Å². The van der Waals surface area contributed by atoms with Crippen LogP contribution in [0.25, 0.3) is 33.2 Å². The van der Waals surface area contributed by atoms with Gasteiger partial charge in [0.05, 0.1) is 16.5 Å². The minimum atomic E-state index is -0.380. The van der Waals surface area contributed by atoms with Crippen LogP contribution in [0, 0.1) is 24.1 Å². The fourth-order valence-electron chi connectivity index (χ4n) is 3.19. The summed E-state index contributed by atoms with van der Waals surface area (Å²) in [6, 6.07) is 14.6. The van der Waals surface area contributed by atoms with Gasteiger partial charge >= 0.3 is 0 Å². The molecule has 4 aromatic rings. The van der Waals surface area contributed by atoms with Crippen molar-refractivity contribution in [2.75, 3.05) is 0 Å². The van der Waals surface area contributed by atoms with Crippen molar-refractivity contribution in [2.45, 2.75) is 6.92 Å². The second-order valence-corrected chi connectivity index (χ2v) is 5.84. The van der Waals surface area contributed by atoms with Crippen LogP contribution in [0.5, 0.6) is 0 Å². The highest BCUT2D eigenvalue weighted by Gasteiger charge is 2.22. The fraction of sp³-hybridized carbons (Fsp3) is 0.100. The van der Waals surface area contributed by atoms with Gasteiger partial charge in [0.25, 0.3) is 0 Å².